The van der Waals surface area contributed by atoms with Crippen LogP contribution in [-0.4, -0.2) is 18.8 Å². The third-order valence-corrected chi connectivity index (χ3v) is 4.64. The molecule has 0 aliphatic rings. The molecule has 2 N–H and O–H groups in total. The van der Waals surface area contributed by atoms with Crippen molar-refractivity contribution in [2.24, 2.45) is 0 Å². The Kier molecular flexibility index (Phi) is 5.53. The SMILES string of the molecule is COC(=O)C(CSc1cc(N)ccc1Cl)c1ccccc1. The van der Waals surface area contributed by atoms with Gasteiger partial charge in [0.15, 0.2) is 0 Å². The van der Waals surface area contributed by atoms with Crippen LogP contribution in [0.1, 0.15) is 11.5 Å². The molecule has 0 saturated carbocycles. The first kappa shape index (κ1) is 15.7. The molecule has 0 aliphatic carbocycles. The standard InChI is InChI=1S/C16H16ClNO2S/c1-20-16(19)13(11-5-3-2-4-6-11)10-21-15-9-12(18)7-8-14(15)17/h2-9,13H,10,18H2,1H3. The van der Waals surface area contributed by atoms with Gasteiger partial charge in [-0.25, -0.2) is 0 Å². The zero-order valence-electron chi connectivity index (χ0n) is 11.6. The average Bonchev–Trinajstić information content (AvgIpc) is 2.51. The maximum atomic E-state index is 12.0. The molecule has 0 saturated heterocycles. The van der Waals surface area contributed by atoms with Gasteiger partial charge in [-0.3, -0.25) is 4.79 Å². The maximum absolute atomic E-state index is 12.0. The Bertz CT molecular complexity index is 619. The van der Waals surface area contributed by atoms with Crippen molar-refractivity contribution in [1.29, 1.82) is 0 Å². The van der Waals surface area contributed by atoms with Crippen LogP contribution in [-0.2, 0) is 9.53 Å². The third kappa shape index (κ3) is 4.16. The molecule has 2 rings (SSSR count). The molecule has 110 valence electrons. The van der Waals surface area contributed by atoms with Crippen molar-refractivity contribution in [2.45, 2.75) is 10.8 Å². The Morgan fingerprint density at radius 1 is 1.29 bits per heavy atom. The number of halogens is 1. The highest BCUT2D eigenvalue weighted by molar-refractivity contribution is 7.99. The van der Waals surface area contributed by atoms with Crippen molar-refractivity contribution in [3.05, 3.63) is 59.1 Å². The Morgan fingerprint density at radius 3 is 2.67 bits per heavy atom. The Hall–Kier alpha value is -1.65. The largest absolute Gasteiger partial charge is 0.469 e. The maximum Gasteiger partial charge on any atom is 0.313 e. The molecule has 0 bridgehead atoms. The van der Waals surface area contributed by atoms with Crippen LogP contribution in [0.3, 0.4) is 0 Å². The van der Waals surface area contributed by atoms with Crippen molar-refractivity contribution in [1.82, 2.24) is 0 Å². The molecule has 1 unspecified atom stereocenters. The first-order valence-corrected chi connectivity index (χ1v) is 7.78. The Labute approximate surface area is 133 Å². The van der Waals surface area contributed by atoms with Gasteiger partial charge in [0.1, 0.15) is 0 Å². The minimum Gasteiger partial charge on any atom is -0.469 e. The monoisotopic (exact) mass is 321 g/mol. The fraction of sp³-hybridized carbons (Fsp3) is 0.188. The number of methoxy groups -OCH3 is 1. The lowest BCUT2D eigenvalue weighted by Gasteiger charge is -2.15. The summed E-state index contributed by atoms with van der Waals surface area (Å²) in [5.74, 6) is -0.0488. The van der Waals surface area contributed by atoms with Gasteiger partial charge < -0.3 is 10.5 Å². The normalized spacial score (nSPS) is 11.9. The highest BCUT2D eigenvalue weighted by Crippen LogP contribution is 2.33. The van der Waals surface area contributed by atoms with Crippen molar-refractivity contribution in [3.8, 4) is 0 Å². The molecule has 0 radical (unpaired) electrons. The van der Waals surface area contributed by atoms with E-state index in [0.717, 1.165) is 10.5 Å². The summed E-state index contributed by atoms with van der Waals surface area (Å²) in [5.41, 5.74) is 7.34. The van der Waals surface area contributed by atoms with Crippen LogP contribution in [0.5, 0.6) is 0 Å². The summed E-state index contributed by atoms with van der Waals surface area (Å²) >= 11 is 7.64. The van der Waals surface area contributed by atoms with Crippen LogP contribution < -0.4 is 5.73 Å². The number of esters is 1. The van der Waals surface area contributed by atoms with Crippen LogP contribution in [0.4, 0.5) is 5.69 Å². The van der Waals surface area contributed by atoms with Gasteiger partial charge in [-0.05, 0) is 23.8 Å². The number of nitrogens with two attached hydrogens (primary N) is 1. The van der Waals surface area contributed by atoms with Gasteiger partial charge in [0.2, 0.25) is 0 Å². The van der Waals surface area contributed by atoms with Crippen LogP contribution in [0.25, 0.3) is 0 Å². The van der Waals surface area contributed by atoms with Gasteiger partial charge in [0.25, 0.3) is 0 Å². The molecular formula is C16H16ClNO2S. The van der Waals surface area contributed by atoms with Crippen molar-refractivity contribution >= 4 is 35.0 Å². The summed E-state index contributed by atoms with van der Waals surface area (Å²) in [6.07, 6.45) is 0. The highest BCUT2D eigenvalue weighted by Gasteiger charge is 2.21. The fourth-order valence-electron chi connectivity index (χ4n) is 1.93. The molecule has 0 aliphatic heterocycles. The van der Waals surface area contributed by atoms with E-state index in [1.807, 2.05) is 36.4 Å². The summed E-state index contributed by atoms with van der Waals surface area (Å²) < 4.78 is 4.90. The molecule has 1 atom stereocenters. The predicted octanol–water partition coefficient (Wildman–Crippen LogP) is 3.97. The summed E-state index contributed by atoms with van der Waals surface area (Å²) in [6.45, 7) is 0. The lowest BCUT2D eigenvalue weighted by Crippen LogP contribution is -2.16. The number of hydrogen-bond acceptors (Lipinski definition) is 4. The van der Waals surface area contributed by atoms with Crippen LogP contribution in [0, 0.1) is 0 Å². The summed E-state index contributed by atoms with van der Waals surface area (Å²) in [7, 11) is 1.40. The molecule has 2 aromatic rings. The van der Waals surface area contributed by atoms with E-state index in [-0.39, 0.29) is 11.9 Å². The van der Waals surface area contributed by atoms with E-state index in [9.17, 15) is 4.79 Å². The molecule has 0 spiro atoms. The highest BCUT2D eigenvalue weighted by atomic mass is 35.5. The van der Waals surface area contributed by atoms with E-state index in [4.69, 9.17) is 22.1 Å². The van der Waals surface area contributed by atoms with E-state index in [1.165, 1.54) is 18.9 Å². The fourth-order valence-corrected chi connectivity index (χ4v) is 3.31. The van der Waals surface area contributed by atoms with E-state index in [2.05, 4.69) is 0 Å². The number of thioether (sulfide) groups is 1. The molecule has 0 heterocycles. The van der Waals surface area contributed by atoms with Crippen LogP contribution in [0.2, 0.25) is 5.02 Å². The zero-order valence-corrected chi connectivity index (χ0v) is 13.2. The number of hydrogen-bond donors (Lipinski definition) is 1. The predicted molar refractivity (Wildman–Crippen MR) is 87.8 cm³/mol. The smallest absolute Gasteiger partial charge is 0.313 e. The first-order chi connectivity index (χ1) is 10.1. The van der Waals surface area contributed by atoms with Crippen molar-refractivity contribution in [3.63, 3.8) is 0 Å². The first-order valence-electron chi connectivity index (χ1n) is 6.42. The van der Waals surface area contributed by atoms with Crippen molar-refractivity contribution < 1.29 is 9.53 Å². The Balaban J connectivity index is 2.16. The van der Waals surface area contributed by atoms with Crippen LogP contribution in [0.15, 0.2) is 53.4 Å². The van der Waals surface area contributed by atoms with Gasteiger partial charge in [-0.2, -0.15) is 0 Å². The molecule has 0 amide bonds. The number of benzene rings is 2. The van der Waals surface area contributed by atoms with Crippen LogP contribution >= 0.6 is 23.4 Å². The minimum atomic E-state index is -0.335. The molecule has 5 heteroatoms. The van der Waals surface area contributed by atoms with Gasteiger partial charge in [0, 0.05) is 16.3 Å². The van der Waals surface area contributed by atoms with E-state index in [0.29, 0.717) is 16.5 Å². The van der Waals surface area contributed by atoms with Crippen molar-refractivity contribution in [2.75, 3.05) is 18.6 Å². The summed E-state index contributed by atoms with van der Waals surface area (Å²) in [5, 5.41) is 0.630. The van der Waals surface area contributed by atoms with E-state index < -0.39 is 0 Å². The number of anilines is 1. The lowest BCUT2D eigenvalue weighted by atomic mass is 10.0. The molecule has 2 aromatic carbocycles. The number of nitrogen functional groups attached to an aromatic ring is 1. The van der Waals surface area contributed by atoms with E-state index in [1.54, 1.807) is 12.1 Å². The summed E-state index contributed by atoms with van der Waals surface area (Å²) in [6, 6.07) is 14.9. The third-order valence-electron chi connectivity index (χ3n) is 3.05. The molecule has 21 heavy (non-hydrogen) atoms. The minimum absolute atomic E-state index is 0.256. The second-order valence-corrected chi connectivity index (χ2v) is 5.96. The quantitative estimate of drug-likeness (QED) is 0.514. The molecular weight excluding hydrogens is 306 g/mol. The van der Waals surface area contributed by atoms with Gasteiger partial charge in [0.05, 0.1) is 18.1 Å². The number of carbonyl (C=O) groups excluding carboxylic acids is 1. The second-order valence-electron chi connectivity index (χ2n) is 4.49. The zero-order chi connectivity index (χ0) is 15.2. The number of ether oxygens (including phenoxy) is 1. The Morgan fingerprint density at radius 2 is 2.00 bits per heavy atom. The second kappa shape index (κ2) is 7.38. The van der Waals surface area contributed by atoms with E-state index >= 15 is 0 Å². The molecule has 3 nitrogen and oxygen atoms in total. The van der Waals surface area contributed by atoms with Gasteiger partial charge in [-0.15, -0.1) is 11.8 Å². The lowest BCUT2D eigenvalue weighted by molar-refractivity contribution is -0.141. The van der Waals surface area contributed by atoms with Gasteiger partial charge >= 0.3 is 5.97 Å². The summed E-state index contributed by atoms with van der Waals surface area (Å²) in [4.78, 5) is 12.9. The number of carbonyl (C=O) groups is 1. The topological polar surface area (TPSA) is 52.3 Å². The molecule has 0 aromatic heterocycles. The number of rotatable bonds is 5. The molecule has 0 fully saturated rings. The van der Waals surface area contributed by atoms with Gasteiger partial charge in [-0.1, -0.05) is 41.9 Å². The average molecular weight is 322 g/mol.